The van der Waals surface area contributed by atoms with E-state index in [1.807, 2.05) is 116 Å². The number of fused-ring (bicyclic) bond motifs is 1. The number of rotatable bonds is 10. The summed E-state index contributed by atoms with van der Waals surface area (Å²) in [6.45, 7) is 3.11. The Hall–Kier alpha value is -5.48. The van der Waals surface area contributed by atoms with Crippen LogP contribution in [0.2, 0.25) is 0 Å². The molecular weight excluding hydrogens is 616 g/mol. The minimum Gasteiger partial charge on any atom is -0.457 e. The van der Waals surface area contributed by atoms with Crippen LogP contribution in [-0.2, 0) is 29.2 Å². The van der Waals surface area contributed by atoms with Crippen LogP contribution in [0.5, 0.6) is 11.5 Å². The molecule has 248 valence electrons. The first-order valence-corrected chi connectivity index (χ1v) is 16.4. The number of anilines is 1. The van der Waals surface area contributed by atoms with E-state index in [2.05, 4.69) is 33.2 Å². The molecule has 0 aliphatic carbocycles. The summed E-state index contributed by atoms with van der Waals surface area (Å²) in [5.41, 5.74) is 6.36. The van der Waals surface area contributed by atoms with Gasteiger partial charge in [-0.25, -0.2) is 9.78 Å². The van der Waals surface area contributed by atoms with Gasteiger partial charge in [-0.15, -0.1) is 0 Å². The second kappa shape index (κ2) is 14.7. The van der Waals surface area contributed by atoms with Crippen molar-refractivity contribution in [1.82, 2.24) is 14.9 Å². The summed E-state index contributed by atoms with van der Waals surface area (Å²) in [5.74, 6) is 1.47. The number of hydrogen-bond acceptors (Lipinski definition) is 6. The Bertz CT molecular complexity index is 1980. The number of nitrogens with one attached hydrogen (secondary N) is 2. The summed E-state index contributed by atoms with van der Waals surface area (Å²) in [4.78, 5) is 17.2. The van der Waals surface area contributed by atoms with E-state index in [4.69, 9.17) is 14.2 Å². The summed E-state index contributed by atoms with van der Waals surface area (Å²) in [6, 6.07) is 40.4. The van der Waals surface area contributed by atoms with E-state index in [-0.39, 0.29) is 30.8 Å². The molecule has 0 radical (unpaired) electrons. The molecule has 1 aliphatic rings. The van der Waals surface area contributed by atoms with E-state index in [0.717, 1.165) is 39.0 Å². The lowest BCUT2D eigenvalue weighted by Crippen LogP contribution is -2.39. The maximum Gasteiger partial charge on any atom is 0.319 e. The molecule has 1 aliphatic heterocycles. The van der Waals surface area contributed by atoms with Crippen LogP contribution < -0.4 is 15.4 Å². The molecular formula is C40H38N4O5. The molecule has 1 aromatic heterocycles. The van der Waals surface area contributed by atoms with Gasteiger partial charge in [0.05, 0.1) is 42.7 Å². The van der Waals surface area contributed by atoms with E-state index in [0.29, 0.717) is 24.5 Å². The smallest absolute Gasteiger partial charge is 0.319 e. The fourth-order valence-electron chi connectivity index (χ4n) is 6.06. The van der Waals surface area contributed by atoms with Crippen molar-refractivity contribution < 1.29 is 24.1 Å². The van der Waals surface area contributed by atoms with Crippen molar-refractivity contribution in [1.29, 1.82) is 0 Å². The van der Waals surface area contributed by atoms with Crippen LogP contribution in [0, 0.1) is 5.92 Å². The highest BCUT2D eigenvalue weighted by atomic mass is 16.7. The van der Waals surface area contributed by atoms with Gasteiger partial charge in [0.1, 0.15) is 11.5 Å². The highest BCUT2D eigenvalue weighted by Crippen LogP contribution is 2.42. The number of aromatic nitrogens is 2. The van der Waals surface area contributed by atoms with Crippen LogP contribution in [0.3, 0.4) is 0 Å². The lowest BCUT2D eigenvalue weighted by atomic mass is 9.90. The average molecular weight is 655 g/mol. The van der Waals surface area contributed by atoms with E-state index < -0.39 is 6.29 Å². The molecule has 3 N–H and O–H groups in total. The molecule has 5 aromatic carbocycles. The lowest BCUT2D eigenvalue weighted by molar-refractivity contribution is -0.276. The van der Waals surface area contributed by atoms with Gasteiger partial charge >= 0.3 is 6.03 Å². The Kier molecular flexibility index (Phi) is 9.65. The Morgan fingerprint density at radius 2 is 1.47 bits per heavy atom. The zero-order valence-electron chi connectivity index (χ0n) is 27.1. The third-order valence-electron chi connectivity index (χ3n) is 8.82. The first-order valence-electron chi connectivity index (χ1n) is 16.4. The Labute approximate surface area is 285 Å². The van der Waals surface area contributed by atoms with Gasteiger partial charge in [0, 0.05) is 23.7 Å². The molecule has 4 atom stereocenters. The first-order chi connectivity index (χ1) is 24.0. The van der Waals surface area contributed by atoms with E-state index in [1.54, 1.807) is 12.1 Å². The van der Waals surface area contributed by atoms with Crippen molar-refractivity contribution >= 4 is 22.8 Å². The number of aliphatic hydroxyl groups is 1. The monoisotopic (exact) mass is 654 g/mol. The van der Waals surface area contributed by atoms with Crippen LogP contribution in [0.1, 0.15) is 41.6 Å². The normalized spacial score (nSPS) is 19.0. The number of amides is 2. The van der Waals surface area contributed by atoms with Gasteiger partial charge in [-0.05, 0) is 65.2 Å². The van der Waals surface area contributed by atoms with Crippen LogP contribution in [0.15, 0.2) is 134 Å². The maximum absolute atomic E-state index is 12.7. The molecule has 9 heteroatoms. The van der Waals surface area contributed by atoms with E-state index in [9.17, 15) is 9.90 Å². The lowest BCUT2D eigenvalue weighted by Gasteiger charge is -2.41. The Morgan fingerprint density at radius 1 is 0.796 bits per heavy atom. The zero-order valence-corrected chi connectivity index (χ0v) is 27.1. The number of para-hydroxylation sites is 3. The van der Waals surface area contributed by atoms with Crippen molar-refractivity contribution in [2.75, 3.05) is 5.32 Å². The fourth-order valence-corrected chi connectivity index (χ4v) is 6.06. The van der Waals surface area contributed by atoms with Gasteiger partial charge in [-0.1, -0.05) is 85.8 Å². The van der Waals surface area contributed by atoms with Crippen LogP contribution >= 0.6 is 0 Å². The summed E-state index contributed by atoms with van der Waals surface area (Å²) in [5, 5.41) is 15.4. The van der Waals surface area contributed by atoms with Crippen molar-refractivity contribution in [3.05, 3.63) is 156 Å². The standard InChI is InChI=1S/C40H38N4O5/c1-27-37(24-44-26-42-35-9-5-6-10-36(35)44)48-39(49-38(27)30-15-13-29(25-45)14-16-30)31-17-11-28(12-18-31)23-41-40(46)43-32-19-21-34(22-20-32)47-33-7-3-2-4-8-33/h2-22,26-27,37-39,45H,23-25H2,1H3,(H2,41,43,46)/t27-,37+,38+,39+/m0/s1. The van der Waals surface area contributed by atoms with Gasteiger partial charge < -0.3 is 34.5 Å². The molecule has 6 aromatic rings. The number of carbonyl (C=O) groups is 1. The number of carbonyl (C=O) groups excluding carboxylic acids is 1. The quantitative estimate of drug-likeness (QED) is 0.138. The third kappa shape index (κ3) is 7.65. The minimum absolute atomic E-state index is 0.00992. The highest BCUT2D eigenvalue weighted by molar-refractivity contribution is 5.89. The Balaban J connectivity index is 1.00. The number of imidazole rings is 1. The van der Waals surface area contributed by atoms with Crippen molar-refractivity contribution in [2.45, 2.75) is 45.1 Å². The molecule has 0 saturated carbocycles. The number of ether oxygens (including phenoxy) is 3. The summed E-state index contributed by atoms with van der Waals surface area (Å²) in [7, 11) is 0. The minimum atomic E-state index is -0.599. The first kappa shape index (κ1) is 32.1. The number of urea groups is 1. The summed E-state index contributed by atoms with van der Waals surface area (Å²) >= 11 is 0. The van der Waals surface area contributed by atoms with Gasteiger partial charge in [-0.2, -0.15) is 0 Å². The summed E-state index contributed by atoms with van der Waals surface area (Å²) in [6.07, 6.45) is 0.875. The molecule has 9 nitrogen and oxygen atoms in total. The fraction of sp³-hybridized carbons (Fsp3) is 0.200. The molecule has 1 saturated heterocycles. The largest absolute Gasteiger partial charge is 0.457 e. The number of nitrogens with zero attached hydrogens (tertiary/aromatic N) is 2. The summed E-state index contributed by atoms with van der Waals surface area (Å²) < 4.78 is 21.2. The van der Waals surface area contributed by atoms with Crippen LogP contribution in [0.25, 0.3) is 11.0 Å². The zero-order chi connectivity index (χ0) is 33.6. The number of hydrogen-bond donors (Lipinski definition) is 3. The molecule has 1 fully saturated rings. The second-order valence-electron chi connectivity index (χ2n) is 12.2. The van der Waals surface area contributed by atoms with Crippen LogP contribution in [0.4, 0.5) is 10.5 Å². The van der Waals surface area contributed by atoms with Crippen molar-refractivity contribution in [3.63, 3.8) is 0 Å². The molecule has 0 unspecified atom stereocenters. The van der Waals surface area contributed by atoms with Gasteiger partial charge in [-0.3, -0.25) is 0 Å². The number of aliphatic hydroxyl groups excluding tert-OH is 1. The average Bonchev–Trinajstić information content (AvgIpc) is 3.55. The van der Waals surface area contributed by atoms with Gasteiger partial charge in [0.25, 0.3) is 0 Å². The highest BCUT2D eigenvalue weighted by Gasteiger charge is 2.38. The second-order valence-corrected chi connectivity index (χ2v) is 12.2. The van der Waals surface area contributed by atoms with E-state index in [1.165, 1.54) is 0 Å². The number of benzene rings is 5. The van der Waals surface area contributed by atoms with Crippen LogP contribution in [-0.4, -0.2) is 26.8 Å². The maximum atomic E-state index is 12.7. The van der Waals surface area contributed by atoms with Crippen molar-refractivity contribution in [2.24, 2.45) is 5.92 Å². The van der Waals surface area contributed by atoms with Gasteiger partial charge in [0.15, 0.2) is 6.29 Å². The topological polar surface area (TPSA) is 107 Å². The molecule has 0 bridgehead atoms. The molecule has 0 spiro atoms. The SMILES string of the molecule is C[C@H]1[C@@H](Cn2cnc3ccccc32)O[C@@H](c2ccc(CNC(=O)Nc3ccc(Oc4ccccc4)cc3)cc2)O[C@H]1c1ccc(CO)cc1. The molecule has 49 heavy (non-hydrogen) atoms. The predicted octanol–water partition coefficient (Wildman–Crippen LogP) is 8.13. The van der Waals surface area contributed by atoms with Gasteiger partial charge in [0.2, 0.25) is 0 Å². The van der Waals surface area contributed by atoms with E-state index >= 15 is 0 Å². The Morgan fingerprint density at radius 3 is 2.22 bits per heavy atom. The predicted molar refractivity (Wildman–Crippen MR) is 188 cm³/mol. The molecule has 7 rings (SSSR count). The molecule has 2 amide bonds. The molecule has 2 heterocycles. The third-order valence-corrected chi connectivity index (χ3v) is 8.82. The van der Waals surface area contributed by atoms with Crippen molar-refractivity contribution in [3.8, 4) is 11.5 Å².